The lowest BCUT2D eigenvalue weighted by atomic mass is 10.2. The number of carbonyl (C=O) groups is 1. The summed E-state index contributed by atoms with van der Waals surface area (Å²) in [7, 11) is 0. The molecule has 1 fully saturated rings. The van der Waals surface area contributed by atoms with Crippen molar-refractivity contribution in [1.82, 2.24) is 29.5 Å². The first kappa shape index (κ1) is 17.3. The van der Waals surface area contributed by atoms with E-state index in [1.807, 2.05) is 22.8 Å². The van der Waals surface area contributed by atoms with Gasteiger partial charge in [-0.05, 0) is 12.1 Å². The van der Waals surface area contributed by atoms with E-state index in [9.17, 15) is 4.79 Å². The molecule has 2 aliphatic rings. The first-order valence-corrected chi connectivity index (χ1v) is 9.64. The summed E-state index contributed by atoms with van der Waals surface area (Å²) in [5.41, 5.74) is 2.05. The van der Waals surface area contributed by atoms with Gasteiger partial charge in [0.25, 0.3) is 5.91 Å². The van der Waals surface area contributed by atoms with Crippen LogP contribution in [0.15, 0.2) is 36.4 Å². The highest BCUT2D eigenvalue weighted by atomic mass is 16.5. The van der Waals surface area contributed by atoms with E-state index >= 15 is 0 Å². The zero-order chi connectivity index (χ0) is 18.9. The third-order valence-electron chi connectivity index (χ3n) is 5.36. The van der Waals surface area contributed by atoms with Gasteiger partial charge in [0, 0.05) is 38.1 Å². The molecule has 0 spiro atoms. The molecular formula is C20H22N6O2. The molecule has 0 atom stereocenters. The van der Waals surface area contributed by atoms with Gasteiger partial charge in [0.1, 0.15) is 5.82 Å². The van der Waals surface area contributed by atoms with Gasteiger partial charge in [0.2, 0.25) is 5.82 Å². The number of pyridine rings is 1. The topological polar surface area (TPSA) is 76.4 Å². The van der Waals surface area contributed by atoms with Crippen molar-refractivity contribution in [2.45, 2.75) is 19.6 Å². The first-order chi connectivity index (χ1) is 13.8. The van der Waals surface area contributed by atoms with E-state index in [2.05, 4.69) is 33.3 Å². The Bertz CT molecular complexity index is 1010. The second-order valence-electron chi connectivity index (χ2n) is 7.20. The first-order valence-electron chi connectivity index (χ1n) is 9.64. The smallest absolute Gasteiger partial charge is 0.291 e. The zero-order valence-electron chi connectivity index (χ0n) is 15.6. The fraction of sp³-hybridized carbons (Fsp3) is 0.400. The Morgan fingerprint density at radius 3 is 2.75 bits per heavy atom. The Kier molecular flexibility index (Phi) is 4.50. The maximum atomic E-state index is 12.8. The third-order valence-corrected chi connectivity index (χ3v) is 5.36. The molecule has 3 aromatic rings. The van der Waals surface area contributed by atoms with E-state index in [4.69, 9.17) is 9.72 Å². The highest BCUT2D eigenvalue weighted by molar-refractivity contribution is 5.90. The van der Waals surface area contributed by atoms with Crippen molar-refractivity contribution >= 4 is 16.8 Å². The van der Waals surface area contributed by atoms with Crippen LogP contribution in [0.2, 0.25) is 0 Å². The van der Waals surface area contributed by atoms with E-state index in [0.29, 0.717) is 45.2 Å². The fourth-order valence-corrected chi connectivity index (χ4v) is 3.83. The molecule has 0 radical (unpaired) electrons. The summed E-state index contributed by atoms with van der Waals surface area (Å²) in [4.78, 5) is 21.6. The molecule has 8 nitrogen and oxygen atoms in total. The van der Waals surface area contributed by atoms with Crippen LogP contribution in [0.5, 0.6) is 0 Å². The van der Waals surface area contributed by atoms with Crippen LogP contribution < -0.4 is 0 Å². The molecule has 1 saturated heterocycles. The maximum Gasteiger partial charge on any atom is 0.291 e. The van der Waals surface area contributed by atoms with Crippen LogP contribution in [0.4, 0.5) is 0 Å². The molecule has 4 heterocycles. The number of morpholine rings is 1. The van der Waals surface area contributed by atoms with Gasteiger partial charge in [-0.1, -0.05) is 24.3 Å². The van der Waals surface area contributed by atoms with Crippen molar-refractivity contribution in [3.05, 3.63) is 53.7 Å². The lowest BCUT2D eigenvalue weighted by molar-refractivity contribution is 0.0289. The molecule has 2 aliphatic heterocycles. The van der Waals surface area contributed by atoms with Crippen molar-refractivity contribution in [2.75, 3.05) is 32.8 Å². The number of hydrogen-bond acceptors (Lipinski definition) is 6. The van der Waals surface area contributed by atoms with E-state index in [-0.39, 0.29) is 5.91 Å². The summed E-state index contributed by atoms with van der Waals surface area (Å²) in [6.07, 6.45) is 0. The van der Waals surface area contributed by atoms with Crippen LogP contribution in [-0.4, -0.2) is 68.3 Å². The van der Waals surface area contributed by atoms with Crippen molar-refractivity contribution in [2.24, 2.45) is 0 Å². The summed E-state index contributed by atoms with van der Waals surface area (Å²) >= 11 is 0. The van der Waals surface area contributed by atoms with Gasteiger partial charge in [0.05, 0.1) is 31.0 Å². The van der Waals surface area contributed by atoms with Gasteiger partial charge in [0.15, 0.2) is 0 Å². The molecule has 5 rings (SSSR count). The summed E-state index contributed by atoms with van der Waals surface area (Å²) in [6, 6.07) is 12.3. The molecule has 0 unspecified atom stereocenters. The van der Waals surface area contributed by atoms with Crippen LogP contribution >= 0.6 is 0 Å². The third kappa shape index (κ3) is 3.25. The van der Waals surface area contributed by atoms with Crippen LogP contribution in [0.25, 0.3) is 10.9 Å². The normalized spacial score (nSPS) is 17.6. The average Bonchev–Trinajstić information content (AvgIpc) is 3.17. The molecule has 2 aromatic heterocycles. The second kappa shape index (κ2) is 7.29. The zero-order valence-corrected chi connectivity index (χ0v) is 15.6. The quantitative estimate of drug-likeness (QED) is 0.684. The number of carbonyl (C=O) groups excluding carboxylic acids is 1. The molecule has 0 bridgehead atoms. The highest BCUT2D eigenvalue weighted by Gasteiger charge is 2.28. The van der Waals surface area contributed by atoms with Gasteiger partial charge >= 0.3 is 0 Å². The van der Waals surface area contributed by atoms with Gasteiger partial charge in [-0.3, -0.25) is 14.7 Å². The van der Waals surface area contributed by atoms with Crippen LogP contribution in [-0.2, 0) is 24.4 Å². The monoisotopic (exact) mass is 378 g/mol. The minimum Gasteiger partial charge on any atom is -0.378 e. The Labute approximate surface area is 162 Å². The Hall–Kier alpha value is -2.84. The molecule has 1 aromatic carbocycles. The van der Waals surface area contributed by atoms with Gasteiger partial charge < -0.3 is 14.2 Å². The molecule has 1 amide bonds. The number of benzene rings is 1. The predicted molar refractivity (Wildman–Crippen MR) is 103 cm³/mol. The lowest BCUT2D eigenvalue weighted by Gasteiger charge is -2.29. The minimum absolute atomic E-state index is 0.0494. The van der Waals surface area contributed by atoms with Crippen molar-refractivity contribution < 1.29 is 9.53 Å². The molecule has 0 N–H and O–H groups in total. The molecule has 0 aliphatic carbocycles. The number of ether oxygens (including phenoxy) is 1. The van der Waals surface area contributed by atoms with Gasteiger partial charge in [-0.15, -0.1) is 10.2 Å². The van der Waals surface area contributed by atoms with Crippen LogP contribution in [0, 0.1) is 0 Å². The average molecular weight is 378 g/mol. The molecular weight excluding hydrogens is 356 g/mol. The summed E-state index contributed by atoms with van der Waals surface area (Å²) in [5, 5.41) is 9.63. The van der Waals surface area contributed by atoms with Crippen molar-refractivity contribution in [3.63, 3.8) is 0 Å². The van der Waals surface area contributed by atoms with Crippen LogP contribution in [0.1, 0.15) is 22.1 Å². The maximum absolute atomic E-state index is 12.8. The number of amides is 1. The highest BCUT2D eigenvalue weighted by Crippen LogP contribution is 2.18. The van der Waals surface area contributed by atoms with Gasteiger partial charge in [-0.25, -0.2) is 0 Å². The van der Waals surface area contributed by atoms with E-state index < -0.39 is 0 Å². The number of nitrogens with zero attached hydrogens (tertiary/aromatic N) is 6. The van der Waals surface area contributed by atoms with Gasteiger partial charge in [-0.2, -0.15) is 0 Å². The van der Waals surface area contributed by atoms with E-state index in [1.165, 1.54) is 0 Å². The van der Waals surface area contributed by atoms with E-state index in [0.717, 1.165) is 35.5 Å². The summed E-state index contributed by atoms with van der Waals surface area (Å²) < 4.78 is 7.29. The summed E-state index contributed by atoms with van der Waals surface area (Å²) in [6.45, 7) is 5.35. The predicted octanol–water partition coefficient (Wildman–Crippen LogP) is 1.31. The molecule has 8 heteroatoms. The molecule has 144 valence electrons. The van der Waals surface area contributed by atoms with E-state index in [1.54, 1.807) is 4.90 Å². The Morgan fingerprint density at radius 2 is 1.86 bits per heavy atom. The molecule has 0 saturated carbocycles. The van der Waals surface area contributed by atoms with Crippen molar-refractivity contribution in [3.8, 4) is 0 Å². The standard InChI is InChI=1S/C20H22N6O2/c27-20(25-9-11-28-12-10-25)19-23-22-18-14-24(7-8-26(18)19)13-16-6-5-15-3-1-2-4-17(15)21-16/h1-6H,7-14H2. The molecule has 28 heavy (non-hydrogen) atoms. The lowest BCUT2D eigenvalue weighted by Crippen LogP contribution is -2.42. The number of rotatable bonds is 3. The minimum atomic E-state index is -0.0494. The largest absolute Gasteiger partial charge is 0.378 e. The second-order valence-corrected chi connectivity index (χ2v) is 7.20. The van der Waals surface area contributed by atoms with Crippen LogP contribution in [0.3, 0.4) is 0 Å². The fourth-order valence-electron chi connectivity index (χ4n) is 3.83. The Morgan fingerprint density at radius 1 is 1.00 bits per heavy atom. The number of hydrogen-bond donors (Lipinski definition) is 0. The van der Waals surface area contributed by atoms with Crippen molar-refractivity contribution in [1.29, 1.82) is 0 Å². The SMILES string of the molecule is O=C(c1nnc2n1CCN(Cc1ccc3ccccc3n1)C2)N1CCOCC1. The number of para-hydroxylation sites is 1. The number of fused-ring (bicyclic) bond motifs is 2. The summed E-state index contributed by atoms with van der Waals surface area (Å²) in [5.74, 6) is 1.23. The Balaban J connectivity index is 1.30. The number of aromatic nitrogens is 4.